The molecule has 0 saturated heterocycles. The second-order valence-electron chi connectivity index (χ2n) is 7.18. The Labute approximate surface area is 184 Å². The van der Waals surface area contributed by atoms with Crippen LogP contribution in [-0.2, 0) is 10.0 Å². The maximum atomic E-state index is 13.0. The lowest BCUT2D eigenvalue weighted by Crippen LogP contribution is -2.20. The van der Waals surface area contributed by atoms with Gasteiger partial charge in [0.25, 0.3) is 10.0 Å². The van der Waals surface area contributed by atoms with Crippen LogP contribution in [-0.4, -0.2) is 43.1 Å². The van der Waals surface area contributed by atoms with E-state index in [2.05, 4.69) is 4.72 Å². The normalized spacial score (nSPS) is 17.2. The zero-order valence-corrected chi connectivity index (χ0v) is 17.9. The molecule has 0 saturated carbocycles. The fourth-order valence-corrected chi connectivity index (χ4v) is 5.02. The Kier molecular flexibility index (Phi) is 5.37. The lowest BCUT2D eigenvalue weighted by molar-refractivity contribution is 0.169. The fraction of sp³-hybridized carbons (Fsp3) is 0.182. The highest BCUT2D eigenvalue weighted by Crippen LogP contribution is 2.50. The molecule has 0 spiro atoms. The number of sulfonamides is 1. The van der Waals surface area contributed by atoms with Gasteiger partial charge in [0.05, 0.1) is 19.9 Å². The Morgan fingerprint density at radius 2 is 1.50 bits per heavy atom. The Balaban J connectivity index is 1.81. The van der Waals surface area contributed by atoms with Gasteiger partial charge >= 0.3 is 0 Å². The Bertz CT molecular complexity index is 1310. The number of anilines is 1. The van der Waals surface area contributed by atoms with Crippen molar-refractivity contribution in [2.24, 2.45) is 0 Å². The molecule has 0 aliphatic heterocycles. The number of nitrogens with one attached hydrogen (secondary N) is 1. The van der Waals surface area contributed by atoms with Crippen molar-refractivity contribution in [1.82, 2.24) is 0 Å². The molecular weight excluding hydrogens is 438 g/mol. The van der Waals surface area contributed by atoms with E-state index in [1.54, 1.807) is 24.3 Å². The van der Waals surface area contributed by atoms with Crippen molar-refractivity contribution in [1.29, 1.82) is 0 Å². The summed E-state index contributed by atoms with van der Waals surface area (Å²) in [6.45, 7) is 0. The maximum Gasteiger partial charge on any atom is 0.265 e. The number of phenolic OH excluding ortho intramolecular Hbond substituents is 2. The predicted octanol–water partition coefficient (Wildman–Crippen LogP) is 2.39. The molecule has 0 bridgehead atoms. The number of benzene rings is 3. The molecule has 9 nitrogen and oxygen atoms in total. The summed E-state index contributed by atoms with van der Waals surface area (Å²) in [5, 5.41) is 42.6. The minimum Gasteiger partial charge on any atom is -0.504 e. The van der Waals surface area contributed by atoms with Crippen molar-refractivity contribution in [2.45, 2.75) is 17.1 Å². The molecule has 0 radical (unpaired) electrons. The van der Waals surface area contributed by atoms with E-state index >= 15 is 0 Å². The first-order valence-electron chi connectivity index (χ1n) is 9.48. The van der Waals surface area contributed by atoms with Crippen LogP contribution in [0.2, 0.25) is 0 Å². The van der Waals surface area contributed by atoms with Crippen LogP contribution in [0.3, 0.4) is 0 Å². The molecule has 0 aromatic heterocycles. The van der Waals surface area contributed by atoms with Gasteiger partial charge in [-0.15, -0.1) is 0 Å². The van der Waals surface area contributed by atoms with Gasteiger partial charge in [0.2, 0.25) is 0 Å². The van der Waals surface area contributed by atoms with E-state index < -0.39 is 33.7 Å². The third-order valence-electron chi connectivity index (χ3n) is 5.40. The van der Waals surface area contributed by atoms with Crippen molar-refractivity contribution < 1.29 is 38.3 Å². The summed E-state index contributed by atoms with van der Waals surface area (Å²) in [5.41, 5.74) is 0.371. The number of aliphatic hydroxyl groups excluding tert-OH is 2. The van der Waals surface area contributed by atoms with Gasteiger partial charge in [-0.25, -0.2) is 8.42 Å². The number of aliphatic hydroxyl groups is 2. The van der Waals surface area contributed by atoms with Crippen molar-refractivity contribution in [3.05, 3.63) is 70.8 Å². The minimum atomic E-state index is -4.28. The van der Waals surface area contributed by atoms with Crippen LogP contribution in [0.15, 0.2) is 53.4 Å². The van der Waals surface area contributed by atoms with Gasteiger partial charge in [-0.1, -0.05) is 24.3 Å². The smallest absolute Gasteiger partial charge is 0.265 e. The summed E-state index contributed by atoms with van der Waals surface area (Å²) >= 11 is 0. The molecule has 2 atom stereocenters. The molecule has 2 unspecified atom stereocenters. The van der Waals surface area contributed by atoms with E-state index in [0.29, 0.717) is 16.9 Å². The third kappa shape index (κ3) is 3.38. The molecule has 0 heterocycles. The number of methoxy groups -OCH3 is 2. The SMILES string of the molecule is COc1ccc(S(=O)(=O)Nc2cc3c(c(O)c2O)C(O)c2ccccc2C3O)c(OC)c1. The highest BCUT2D eigenvalue weighted by atomic mass is 32.2. The molecule has 10 heteroatoms. The predicted molar refractivity (Wildman–Crippen MR) is 115 cm³/mol. The number of fused-ring (bicyclic) bond motifs is 2. The van der Waals surface area contributed by atoms with Crippen molar-refractivity contribution in [2.75, 3.05) is 18.9 Å². The molecule has 32 heavy (non-hydrogen) atoms. The number of hydrogen-bond donors (Lipinski definition) is 5. The van der Waals surface area contributed by atoms with Crippen molar-refractivity contribution >= 4 is 15.7 Å². The first kappa shape index (κ1) is 21.8. The Morgan fingerprint density at radius 1 is 0.844 bits per heavy atom. The molecule has 168 valence electrons. The largest absolute Gasteiger partial charge is 0.504 e. The number of aromatic hydroxyl groups is 2. The van der Waals surface area contributed by atoms with Crippen LogP contribution in [0.4, 0.5) is 5.69 Å². The number of hydrogen-bond acceptors (Lipinski definition) is 8. The van der Waals surface area contributed by atoms with E-state index in [1.165, 1.54) is 38.5 Å². The van der Waals surface area contributed by atoms with Crippen LogP contribution in [0, 0.1) is 0 Å². The van der Waals surface area contributed by atoms with Gasteiger partial charge < -0.3 is 29.9 Å². The minimum absolute atomic E-state index is 0.00269. The standard InChI is InChI=1S/C22H21NO8S/c1-30-11-7-8-17(16(9-11)31-2)32(28,29)23-15-10-14-18(22(27)21(15)26)20(25)13-6-4-3-5-12(13)19(14)24/h3-10,19-20,23-27H,1-2H3. The van der Waals surface area contributed by atoms with Crippen LogP contribution < -0.4 is 14.2 Å². The van der Waals surface area contributed by atoms with Crippen molar-refractivity contribution in [3.63, 3.8) is 0 Å². The highest BCUT2D eigenvalue weighted by Gasteiger charge is 2.35. The molecule has 0 fully saturated rings. The number of rotatable bonds is 5. The number of phenols is 2. The van der Waals surface area contributed by atoms with E-state index in [0.717, 1.165) is 0 Å². The lowest BCUT2D eigenvalue weighted by atomic mass is 9.81. The summed E-state index contributed by atoms with van der Waals surface area (Å²) in [6, 6.07) is 11.8. The monoisotopic (exact) mass is 459 g/mol. The lowest BCUT2D eigenvalue weighted by Gasteiger charge is -2.30. The number of ether oxygens (including phenoxy) is 2. The summed E-state index contributed by atoms with van der Waals surface area (Å²) in [6.07, 6.45) is -2.57. The van der Waals surface area contributed by atoms with Gasteiger partial charge in [0, 0.05) is 11.6 Å². The molecule has 1 aliphatic carbocycles. The van der Waals surface area contributed by atoms with Gasteiger partial charge in [0.15, 0.2) is 11.5 Å². The molecular formula is C22H21NO8S. The summed E-state index contributed by atoms with van der Waals surface area (Å²) in [5.74, 6) is -1.14. The topological polar surface area (TPSA) is 146 Å². The molecule has 0 amide bonds. The molecule has 5 N–H and O–H groups in total. The quantitative estimate of drug-likeness (QED) is 0.366. The maximum absolute atomic E-state index is 13.0. The summed E-state index contributed by atoms with van der Waals surface area (Å²) in [4.78, 5) is -0.233. The van der Waals surface area contributed by atoms with Crippen LogP contribution in [0.5, 0.6) is 23.0 Å². The van der Waals surface area contributed by atoms with E-state index in [4.69, 9.17) is 9.47 Å². The van der Waals surface area contributed by atoms with E-state index in [9.17, 15) is 28.8 Å². The van der Waals surface area contributed by atoms with E-state index in [-0.39, 0.29) is 27.5 Å². The molecule has 3 aromatic rings. The fourth-order valence-electron chi connectivity index (χ4n) is 3.81. The Morgan fingerprint density at radius 3 is 2.12 bits per heavy atom. The molecule has 1 aliphatic rings. The first-order chi connectivity index (χ1) is 15.2. The van der Waals surface area contributed by atoms with Gasteiger partial charge in [-0.2, -0.15) is 0 Å². The first-order valence-corrected chi connectivity index (χ1v) is 11.0. The third-order valence-corrected chi connectivity index (χ3v) is 6.81. The summed E-state index contributed by atoms with van der Waals surface area (Å²) < 4.78 is 38.5. The van der Waals surface area contributed by atoms with Crippen LogP contribution in [0.25, 0.3) is 0 Å². The summed E-state index contributed by atoms with van der Waals surface area (Å²) in [7, 11) is -1.56. The molecule has 4 rings (SSSR count). The average Bonchev–Trinajstić information content (AvgIpc) is 2.79. The van der Waals surface area contributed by atoms with Crippen molar-refractivity contribution in [3.8, 4) is 23.0 Å². The molecule has 3 aromatic carbocycles. The Hall–Kier alpha value is -3.47. The van der Waals surface area contributed by atoms with Gasteiger partial charge in [0.1, 0.15) is 28.6 Å². The average molecular weight is 459 g/mol. The highest BCUT2D eigenvalue weighted by molar-refractivity contribution is 7.92. The van der Waals surface area contributed by atoms with Gasteiger partial charge in [-0.3, -0.25) is 4.72 Å². The zero-order chi connectivity index (χ0) is 23.2. The second-order valence-corrected chi connectivity index (χ2v) is 8.83. The van der Waals surface area contributed by atoms with E-state index in [1.807, 2.05) is 0 Å². The van der Waals surface area contributed by atoms with Crippen LogP contribution >= 0.6 is 0 Å². The van der Waals surface area contributed by atoms with Gasteiger partial charge in [-0.05, 0) is 34.9 Å². The zero-order valence-electron chi connectivity index (χ0n) is 17.1. The van der Waals surface area contributed by atoms with Crippen LogP contribution in [0.1, 0.15) is 34.5 Å². The second kappa shape index (κ2) is 7.90.